The Bertz CT molecular complexity index is 465. The van der Waals surface area contributed by atoms with Crippen LogP contribution >= 0.6 is 0 Å². The van der Waals surface area contributed by atoms with Crippen molar-refractivity contribution in [3.63, 3.8) is 0 Å². The highest BCUT2D eigenvalue weighted by Crippen LogP contribution is 2.17. The first-order valence-electron chi connectivity index (χ1n) is 7.07. The molecule has 1 aliphatic rings. The van der Waals surface area contributed by atoms with E-state index >= 15 is 0 Å². The molecule has 21 heavy (non-hydrogen) atoms. The van der Waals surface area contributed by atoms with Gasteiger partial charge in [0.25, 0.3) is 0 Å². The summed E-state index contributed by atoms with van der Waals surface area (Å²) in [5.41, 5.74) is 0.652. The van der Waals surface area contributed by atoms with Crippen LogP contribution in [0.4, 0.5) is 13.6 Å². The number of pyridine rings is 1. The van der Waals surface area contributed by atoms with Crippen LogP contribution in [0.5, 0.6) is 5.88 Å². The molecule has 1 aromatic heterocycles. The van der Waals surface area contributed by atoms with Crippen molar-refractivity contribution >= 4 is 6.03 Å². The molecule has 116 valence electrons. The number of hydrogen-bond acceptors (Lipinski definition) is 3. The summed E-state index contributed by atoms with van der Waals surface area (Å²) >= 11 is 0. The lowest BCUT2D eigenvalue weighted by atomic mass is 9.96. The minimum atomic E-state index is -2.91. The quantitative estimate of drug-likeness (QED) is 0.878. The van der Waals surface area contributed by atoms with E-state index in [-0.39, 0.29) is 24.5 Å². The highest BCUT2D eigenvalue weighted by Gasteiger charge is 2.15. The SMILES string of the molecule is O=C(NCc1ccnc(OC(F)F)c1)NC1CCCCC1. The molecule has 1 aromatic rings. The zero-order valence-corrected chi connectivity index (χ0v) is 11.6. The Hall–Kier alpha value is -1.92. The molecule has 1 saturated carbocycles. The summed E-state index contributed by atoms with van der Waals surface area (Å²) < 4.78 is 28.4. The average molecular weight is 299 g/mol. The Morgan fingerprint density at radius 1 is 1.38 bits per heavy atom. The lowest BCUT2D eigenvalue weighted by Gasteiger charge is -2.22. The van der Waals surface area contributed by atoms with Crippen LogP contribution in [0.2, 0.25) is 0 Å². The van der Waals surface area contributed by atoms with Crippen molar-refractivity contribution < 1.29 is 18.3 Å². The Morgan fingerprint density at radius 2 is 2.14 bits per heavy atom. The first-order chi connectivity index (χ1) is 10.1. The van der Waals surface area contributed by atoms with E-state index in [1.165, 1.54) is 18.7 Å². The molecule has 2 N–H and O–H groups in total. The number of hydrogen-bond donors (Lipinski definition) is 2. The van der Waals surface area contributed by atoms with Gasteiger partial charge >= 0.3 is 12.6 Å². The number of ether oxygens (including phenoxy) is 1. The highest BCUT2D eigenvalue weighted by atomic mass is 19.3. The first-order valence-corrected chi connectivity index (χ1v) is 7.07. The first kappa shape index (κ1) is 15.5. The molecular weight excluding hydrogens is 280 g/mol. The Morgan fingerprint density at radius 3 is 2.86 bits per heavy atom. The van der Waals surface area contributed by atoms with E-state index in [4.69, 9.17) is 0 Å². The minimum absolute atomic E-state index is 0.156. The van der Waals surface area contributed by atoms with Gasteiger partial charge in [0.15, 0.2) is 0 Å². The van der Waals surface area contributed by atoms with E-state index in [1.807, 2.05) is 0 Å². The second-order valence-corrected chi connectivity index (χ2v) is 5.04. The maximum Gasteiger partial charge on any atom is 0.388 e. The van der Waals surface area contributed by atoms with Crippen molar-refractivity contribution in [3.8, 4) is 5.88 Å². The highest BCUT2D eigenvalue weighted by molar-refractivity contribution is 5.74. The Balaban J connectivity index is 1.77. The van der Waals surface area contributed by atoms with Crippen LogP contribution in [0.25, 0.3) is 0 Å². The van der Waals surface area contributed by atoms with Crippen LogP contribution in [0.15, 0.2) is 18.3 Å². The lowest BCUT2D eigenvalue weighted by molar-refractivity contribution is -0.0529. The summed E-state index contributed by atoms with van der Waals surface area (Å²) in [5, 5.41) is 5.62. The molecule has 0 saturated heterocycles. The third-order valence-electron chi connectivity index (χ3n) is 3.40. The number of halogens is 2. The maximum atomic E-state index is 12.1. The molecule has 7 heteroatoms. The molecule has 0 unspecified atom stereocenters. The zero-order chi connectivity index (χ0) is 15.1. The van der Waals surface area contributed by atoms with Crippen molar-refractivity contribution in [1.82, 2.24) is 15.6 Å². The lowest BCUT2D eigenvalue weighted by Crippen LogP contribution is -2.42. The summed E-state index contributed by atoms with van der Waals surface area (Å²) in [6, 6.07) is 3.01. The van der Waals surface area contributed by atoms with Crippen LogP contribution in [-0.2, 0) is 6.54 Å². The van der Waals surface area contributed by atoms with Gasteiger partial charge in [-0.15, -0.1) is 0 Å². The predicted molar refractivity (Wildman–Crippen MR) is 73.1 cm³/mol. The van der Waals surface area contributed by atoms with Crippen molar-refractivity contribution in [3.05, 3.63) is 23.9 Å². The molecule has 0 atom stereocenters. The summed E-state index contributed by atoms with van der Waals surface area (Å²) in [6.45, 7) is -2.67. The molecule has 0 radical (unpaired) electrons. The maximum absolute atomic E-state index is 12.1. The summed E-state index contributed by atoms with van der Waals surface area (Å²) in [7, 11) is 0. The third kappa shape index (κ3) is 5.53. The molecule has 5 nitrogen and oxygen atoms in total. The minimum Gasteiger partial charge on any atom is -0.417 e. The smallest absolute Gasteiger partial charge is 0.388 e. The number of aromatic nitrogens is 1. The van der Waals surface area contributed by atoms with Crippen molar-refractivity contribution in [1.29, 1.82) is 0 Å². The van der Waals surface area contributed by atoms with Gasteiger partial charge in [-0.3, -0.25) is 0 Å². The van der Waals surface area contributed by atoms with E-state index in [0.29, 0.717) is 5.56 Å². The summed E-state index contributed by atoms with van der Waals surface area (Å²) in [5.74, 6) is -0.156. The van der Waals surface area contributed by atoms with Crippen LogP contribution in [0.1, 0.15) is 37.7 Å². The fourth-order valence-corrected chi connectivity index (χ4v) is 2.38. The Labute approximate surface area is 122 Å². The van der Waals surface area contributed by atoms with Gasteiger partial charge in [-0.05, 0) is 24.5 Å². The fourth-order valence-electron chi connectivity index (χ4n) is 2.38. The van der Waals surface area contributed by atoms with E-state index < -0.39 is 6.61 Å². The van der Waals surface area contributed by atoms with Crippen LogP contribution < -0.4 is 15.4 Å². The van der Waals surface area contributed by atoms with Gasteiger partial charge < -0.3 is 15.4 Å². The number of amides is 2. The van der Waals surface area contributed by atoms with Gasteiger partial charge in [0.1, 0.15) is 0 Å². The molecule has 2 amide bonds. The number of alkyl halides is 2. The van der Waals surface area contributed by atoms with Gasteiger partial charge in [-0.1, -0.05) is 19.3 Å². The molecule has 0 spiro atoms. The van der Waals surface area contributed by atoms with Crippen molar-refractivity contribution in [2.75, 3.05) is 0 Å². The average Bonchev–Trinajstić information content (AvgIpc) is 2.46. The normalized spacial score (nSPS) is 15.8. The van der Waals surface area contributed by atoms with E-state index in [9.17, 15) is 13.6 Å². The topological polar surface area (TPSA) is 63.2 Å². The summed E-state index contributed by atoms with van der Waals surface area (Å²) in [4.78, 5) is 15.4. The summed E-state index contributed by atoms with van der Waals surface area (Å²) in [6.07, 6.45) is 6.90. The molecule has 1 fully saturated rings. The van der Waals surface area contributed by atoms with Gasteiger partial charge in [0.05, 0.1) is 0 Å². The zero-order valence-electron chi connectivity index (χ0n) is 11.6. The standard InChI is InChI=1S/C14H19F2N3O2/c15-13(16)21-12-8-10(6-7-17-12)9-18-14(20)19-11-4-2-1-3-5-11/h6-8,11,13H,1-5,9H2,(H2,18,19,20). The van der Waals surface area contributed by atoms with Crippen molar-refractivity contribution in [2.24, 2.45) is 0 Å². The van der Waals surface area contributed by atoms with Gasteiger partial charge in [0, 0.05) is 24.8 Å². The van der Waals surface area contributed by atoms with Crippen LogP contribution in [0, 0.1) is 0 Å². The molecule has 0 aromatic carbocycles. The van der Waals surface area contributed by atoms with E-state index in [1.54, 1.807) is 6.07 Å². The number of urea groups is 1. The predicted octanol–water partition coefficient (Wildman–Crippen LogP) is 2.81. The molecule has 1 heterocycles. The van der Waals surface area contributed by atoms with Crippen LogP contribution in [-0.4, -0.2) is 23.7 Å². The molecule has 1 aliphatic carbocycles. The van der Waals surface area contributed by atoms with Crippen molar-refractivity contribution in [2.45, 2.75) is 51.3 Å². The number of nitrogens with one attached hydrogen (secondary N) is 2. The van der Waals surface area contributed by atoms with E-state index in [0.717, 1.165) is 25.7 Å². The molecular formula is C14H19F2N3O2. The number of nitrogens with zero attached hydrogens (tertiary/aromatic N) is 1. The monoisotopic (exact) mass is 299 g/mol. The molecule has 2 rings (SSSR count). The number of carbonyl (C=O) groups is 1. The largest absolute Gasteiger partial charge is 0.417 e. The van der Waals surface area contributed by atoms with Crippen LogP contribution in [0.3, 0.4) is 0 Å². The second-order valence-electron chi connectivity index (χ2n) is 5.04. The van der Waals surface area contributed by atoms with Gasteiger partial charge in [-0.25, -0.2) is 9.78 Å². The Kier molecular flexibility index (Phi) is 5.71. The second kappa shape index (κ2) is 7.75. The fraction of sp³-hybridized carbons (Fsp3) is 0.571. The third-order valence-corrected chi connectivity index (χ3v) is 3.40. The van der Waals surface area contributed by atoms with Gasteiger partial charge in [-0.2, -0.15) is 8.78 Å². The van der Waals surface area contributed by atoms with E-state index in [2.05, 4.69) is 20.4 Å². The number of rotatable bonds is 5. The molecule has 0 aliphatic heterocycles. The van der Waals surface area contributed by atoms with Gasteiger partial charge in [0.2, 0.25) is 5.88 Å². The number of carbonyl (C=O) groups excluding carboxylic acids is 1. The molecule has 0 bridgehead atoms.